The second kappa shape index (κ2) is 10.1. The van der Waals surface area contributed by atoms with Crippen molar-refractivity contribution < 1.29 is 22.9 Å². The molecule has 3 fully saturated rings. The van der Waals surface area contributed by atoms with E-state index >= 15 is 0 Å². The first-order chi connectivity index (χ1) is 17.2. The van der Waals surface area contributed by atoms with E-state index in [0.29, 0.717) is 30.8 Å². The molecule has 4 aliphatic carbocycles. The molecule has 0 saturated heterocycles. The maximum absolute atomic E-state index is 13.3. The van der Waals surface area contributed by atoms with E-state index < -0.39 is 0 Å². The Bertz CT molecular complexity index is 1070. The minimum Gasteiger partial charge on any atom is -0.454 e. The monoisotopic (exact) mass is 512 g/mol. The zero-order valence-electron chi connectivity index (χ0n) is 21.5. The van der Waals surface area contributed by atoms with Crippen molar-refractivity contribution in [3.8, 4) is 0 Å². The van der Waals surface area contributed by atoms with Gasteiger partial charge in [-0.15, -0.1) is 0 Å². The quantitative estimate of drug-likeness (QED) is 0.229. The molecule has 0 aromatic heterocycles. The molecule has 1 aromatic carbocycles. The summed E-state index contributed by atoms with van der Waals surface area (Å²) in [6.07, 6.45) is 13.1. The van der Waals surface area contributed by atoms with Gasteiger partial charge >= 0.3 is 5.97 Å². The molecule has 36 heavy (non-hydrogen) atoms. The van der Waals surface area contributed by atoms with Gasteiger partial charge in [0.15, 0.2) is 0 Å². The zero-order valence-corrected chi connectivity index (χ0v) is 22.3. The third-order valence-electron chi connectivity index (χ3n) is 9.76. The standard InChI is InChI=1S/C30H37FO4S/c1-4-27(32)35-22-13-15-29(2)20(17-22)7-10-23-24-11-12-26(30(24,3)16-14-25(23)29)28(33)36-34-18-19-5-8-21(31)9-6-19/h5-6,8-9,13,15,17,22-26H,4,7,10-12,14,16,18H2,1-3H3/t22?,23?,24?,25?,26?,29-,30-/m0/s1. The number of rotatable bonds is 6. The highest BCUT2D eigenvalue weighted by Gasteiger charge is 2.59. The van der Waals surface area contributed by atoms with Crippen LogP contribution in [-0.4, -0.2) is 17.2 Å². The van der Waals surface area contributed by atoms with Crippen LogP contribution in [0.2, 0.25) is 0 Å². The van der Waals surface area contributed by atoms with E-state index in [1.807, 2.05) is 6.92 Å². The third kappa shape index (κ3) is 4.60. The Morgan fingerprint density at radius 3 is 2.61 bits per heavy atom. The van der Waals surface area contributed by atoms with E-state index in [0.717, 1.165) is 56.1 Å². The van der Waals surface area contributed by atoms with Gasteiger partial charge in [-0.1, -0.05) is 44.6 Å². The molecule has 0 heterocycles. The van der Waals surface area contributed by atoms with Crippen LogP contribution in [0.15, 0.2) is 48.1 Å². The Morgan fingerprint density at radius 1 is 1.08 bits per heavy atom. The van der Waals surface area contributed by atoms with Crippen molar-refractivity contribution in [3.05, 3.63) is 59.4 Å². The summed E-state index contributed by atoms with van der Waals surface area (Å²) < 4.78 is 24.4. The maximum atomic E-state index is 13.3. The van der Waals surface area contributed by atoms with Crippen molar-refractivity contribution in [2.75, 3.05) is 0 Å². The number of carbonyl (C=O) groups excluding carboxylic acids is 2. The topological polar surface area (TPSA) is 52.6 Å². The summed E-state index contributed by atoms with van der Waals surface area (Å²) in [6.45, 7) is 6.83. The molecule has 0 spiro atoms. The molecule has 1 aromatic rings. The lowest BCUT2D eigenvalue weighted by Gasteiger charge is -2.57. The fraction of sp³-hybridized carbons (Fsp3) is 0.600. The first-order valence-corrected chi connectivity index (χ1v) is 14.2. The molecular formula is C30H37FO4S. The van der Waals surface area contributed by atoms with Crippen LogP contribution in [0, 0.1) is 40.3 Å². The first-order valence-electron chi connectivity index (χ1n) is 13.4. The Balaban J connectivity index is 1.24. The molecule has 4 nitrogen and oxygen atoms in total. The molecule has 3 saturated carbocycles. The van der Waals surface area contributed by atoms with Crippen LogP contribution >= 0.6 is 12.0 Å². The van der Waals surface area contributed by atoms with Crippen molar-refractivity contribution in [1.82, 2.24) is 0 Å². The Kier molecular flexibility index (Phi) is 7.21. The van der Waals surface area contributed by atoms with Crippen molar-refractivity contribution in [3.63, 3.8) is 0 Å². The molecule has 7 atom stereocenters. The highest BCUT2D eigenvalue weighted by molar-refractivity contribution is 8.09. The van der Waals surface area contributed by atoms with Gasteiger partial charge in [-0.2, -0.15) is 0 Å². The van der Waals surface area contributed by atoms with E-state index in [9.17, 15) is 14.0 Å². The predicted octanol–water partition coefficient (Wildman–Crippen LogP) is 7.19. The van der Waals surface area contributed by atoms with Crippen LogP contribution in [0.5, 0.6) is 0 Å². The molecule has 0 N–H and O–H groups in total. The molecule has 0 radical (unpaired) electrons. The van der Waals surface area contributed by atoms with Crippen molar-refractivity contribution in [2.24, 2.45) is 34.5 Å². The summed E-state index contributed by atoms with van der Waals surface area (Å²) in [4.78, 5) is 25.1. The first kappa shape index (κ1) is 25.7. The van der Waals surface area contributed by atoms with Gasteiger partial charge in [0, 0.05) is 17.8 Å². The molecule has 6 heteroatoms. The van der Waals surface area contributed by atoms with E-state index in [1.54, 1.807) is 12.1 Å². The van der Waals surface area contributed by atoms with Crippen LogP contribution < -0.4 is 0 Å². The molecule has 0 bridgehead atoms. The van der Waals surface area contributed by atoms with Gasteiger partial charge in [0.25, 0.3) is 0 Å². The number of allylic oxidation sites excluding steroid dienone is 2. The average Bonchev–Trinajstić information content (AvgIpc) is 3.22. The van der Waals surface area contributed by atoms with Gasteiger partial charge in [-0.3, -0.25) is 9.59 Å². The number of ether oxygens (including phenoxy) is 1. The highest BCUT2D eigenvalue weighted by atomic mass is 32.2. The Hall–Kier alpha value is -1.92. The number of benzene rings is 1. The molecule has 4 aliphatic rings. The SMILES string of the molecule is CCC(=O)OC1C=C[C@@]2(C)C(=C1)CCC1C3CCC(C(=O)SOCc4ccc(F)cc4)[C@@]3(C)CCC12. The molecule has 0 amide bonds. The predicted molar refractivity (Wildman–Crippen MR) is 139 cm³/mol. The summed E-state index contributed by atoms with van der Waals surface area (Å²) in [5, 5.41) is 0.140. The second-order valence-corrected chi connectivity index (χ2v) is 12.3. The third-order valence-corrected chi connectivity index (χ3v) is 10.4. The van der Waals surface area contributed by atoms with Crippen LogP contribution in [-0.2, 0) is 25.1 Å². The van der Waals surface area contributed by atoms with E-state index in [2.05, 4.69) is 32.1 Å². The maximum Gasteiger partial charge on any atom is 0.306 e. The molecular weight excluding hydrogens is 475 g/mol. The van der Waals surface area contributed by atoms with Crippen LogP contribution in [0.3, 0.4) is 0 Å². The minimum absolute atomic E-state index is 0.00842. The molecule has 5 rings (SSSR count). The Morgan fingerprint density at radius 2 is 1.86 bits per heavy atom. The zero-order chi connectivity index (χ0) is 25.5. The average molecular weight is 513 g/mol. The fourth-order valence-corrected chi connectivity index (χ4v) is 8.61. The lowest BCUT2D eigenvalue weighted by atomic mass is 9.48. The minimum atomic E-state index is -0.273. The van der Waals surface area contributed by atoms with Gasteiger partial charge in [-0.25, -0.2) is 4.39 Å². The van der Waals surface area contributed by atoms with Crippen LogP contribution in [0.1, 0.15) is 71.3 Å². The van der Waals surface area contributed by atoms with Crippen LogP contribution in [0.25, 0.3) is 0 Å². The normalized spacial score (nSPS) is 36.9. The molecule has 0 aliphatic heterocycles. The van der Waals surface area contributed by atoms with Gasteiger partial charge in [-0.05, 0) is 91.5 Å². The lowest BCUT2D eigenvalue weighted by Crippen LogP contribution is -2.50. The largest absolute Gasteiger partial charge is 0.454 e. The van der Waals surface area contributed by atoms with Crippen molar-refractivity contribution in [2.45, 2.75) is 78.4 Å². The van der Waals surface area contributed by atoms with Crippen molar-refractivity contribution >= 4 is 23.1 Å². The van der Waals surface area contributed by atoms with Gasteiger partial charge in [0.2, 0.25) is 5.12 Å². The summed E-state index contributed by atoms with van der Waals surface area (Å²) in [6, 6.07) is 6.21. The Labute approximate surface area is 218 Å². The summed E-state index contributed by atoms with van der Waals surface area (Å²) >= 11 is 0.986. The molecule has 5 unspecified atom stereocenters. The van der Waals surface area contributed by atoms with E-state index in [-0.39, 0.29) is 39.8 Å². The van der Waals surface area contributed by atoms with Crippen molar-refractivity contribution in [1.29, 1.82) is 0 Å². The van der Waals surface area contributed by atoms with E-state index in [4.69, 9.17) is 8.92 Å². The van der Waals surface area contributed by atoms with Gasteiger partial charge in [0.05, 0.1) is 18.6 Å². The highest BCUT2D eigenvalue weighted by Crippen LogP contribution is 2.66. The second-order valence-electron chi connectivity index (χ2n) is 11.5. The van der Waals surface area contributed by atoms with Gasteiger partial charge < -0.3 is 8.92 Å². The number of halogens is 1. The van der Waals surface area contributed by atoms with Crippen LogP contribution in [0.4, 0.5) is 4.39 Å². The molecule has 194 valence electrons. The number of fused-ring (bicyclic) bond motifs is 5. The number of hydrogen-bond acceptors (Lipinski definition) is 5. The number of hydrogen-bond donors (Lipinski definition) is 0. The lowest BCUT2D eigenvalue weighted by molar-refractivity contribution is -0.145. The number of carbonyl (C=O) groups is 2. The summed E-state index contributed by atoms with van der Waals surface area (Å²) in [5.41, 5.74) is 2.30. The number of esters is 1. The van der Waals surface area contributed by atoms with Gasteiger partial charge in [0.1, 0.15) is 11.9 Å². The smallest absolute Gasteiger partial charge is 0.306 e. The summed E-state index contributed by atoms with van der Waals surface area (Å²) in [7, 11) is 0. The van der Waals surface area contributed by atoms with E-state index in [1.165, 1.54) is 17.7 Å². The fourth-order valence-electron chi connectivity index (χ4n) is 7.80. The summed E-state index contributed by atoms with van der Waals surface area (Å²) in [5.74, 6) is 1.30.